The van der Waals surface area contributed by atoms with Crippen molar-refractivity contribution in [3.8, 4) is 0 Å². The number of esters is 1. The van der Waals surface area contributed by atoms with Crippen molar-refractivity contribution < 1.29 is 13.9 Å². The van der Waals surface area contributed by atoms with Gasteiger partial charge in [-0.25, -0.2) is 9.18 Å². The summed E-state index contributed by atoms with van der Waals surface area (Å²) in [5, 5.41) is 1.86. The van der Waals surface area contributed by atoms with Crippen LogP contribution in [0.2, 0.25) is 0 Å². The Labute approximate surface area is 144 Å². The lowest BCUT2D eigenvalue weighted by Gasteiger charge is -2.47. The van der Waals surface area contributed by atoms with Gasteiger partial charge in [0.25, 0.3) is 0 Å². The number of piperidine rings is 3. The van der Waals surface area contributed by atoms with Crippen LogP contribution in [0.3, 0.4) is 0 Å². The van der Waals surface area contributed by atoms with Crippen molar-refractivity contribution in [3.63, 3.8) is 0 Å². The van der Waals surface area contributed by atoms with Crippen LogP contribution >= 0.6 is 11.3 Å². The Bertz CT molecular complexity index is 763. The van der Waals surface area contributed by atoms with Crippen LogP contribution in [0.1, 0.15) is 28.1 Å². The number of fused-ring (bicyclic) bond motifs is 3. The summed E-state index contributed by atoms with van der Waals surface area (Å²) >= 11 is 1.38. The van der Waals surface area contributed by atoms with Gasteiger partial charge in [-0.2, -0.15) is 0 Å². The molecule has 2 aromatic rings. The monoisotopic (exact) mass is 343 g/mol. The molecule has 1 unspecified atom stereocenters. The first kappa shape index (κ1) is 15.4. The molecule has 1 aromatic heterocycles. The average molecular weight is 343 g/mol. The fourth-order valence-corrected chi connectivity index (χ4v) is 4.14. The molecule has 2 bridgehead atoms. The van der Waals surface area contributed by atoms with E-state index in [2.05, 4.69) is 4.90 Å². The molecule has 5 rings (SSSR count). The number of thiophene rings is 1. The number of benzene rings is 1. The average Bonchev–Trinajstić information content (AvgIpc) is 3.14. The zero-order valence-corrected chi connectivity index (χ0v) is 14.0. The topological polar surface area (TPSA) is 29.5 Å². The predicted octanol–water partition coefficient (Wildman–Crippen LogP) is 4.18. The van der Waals surface area contributed by atoms with Gasteiger partial charge in [0.15, 0.2) is 0 Å². The summed E-state index contributed by atoms with van der Waals surface area (Å²) in [5.74, 6) is -0.226. The Morgan fingerprint density at radius 3 is 2.71 bits per heavy atom. The molecule has 3 fully saturated rings. The minimum Gasteiger partial charge on any atom is -0.451 e. The van der Waals surface area contributed by atoms with E-state index in [1.807, 2.05) is 23.6 Å². The molecular weight excluding hydrogens is 325 g/mol. The van der Waals surface area contributed by atoms with Crippen LogP contribution < -0.4 is 0 Å². The first-order valence-electron chi connectivity index (χ1n) is 8.18. The molecular formula is C19H18FNO2S. The molecule has 24 heavy (non-hydrogen) atoms. The van der Waals surface area contributed by atoms with E-state index in [1.165, 1.54) is 17.4 Å². The Morgan fingerprint density at radius 2 is 2.00 bits per heavy atom. The predicted molar refractivity (Wildman–Crippen MR) is 92.2 cm³/mol. The molecule has 124 valence electrons. The zero-order chi connectivity index (χ0) is 16.5. The van der Waals surface area contributed by atoms with Crippen molar-refractivity contribution >= 4 is 23.4 Å². The summed E-state index contributed by atoms with van der Waals surface area (Å²) in [4.78, 5) is 15.2. The van der Waals surface area contributed by atoms with E-state index >= 15 is 0 Å². The molecule has 3 aliphatic rings. The van der Waals surface area contributed by atoms with Crippen molar-refractivity contribution in [2.24, 2.45) is 5.92 Å². The van der Waals surface area contributed by atoms with Crippen LogP contribution in [-0.4, -0.2) is 30.1 Å². The summed E-state index contributed by atoms with van der Waals surface area (Å²) in [6, 6.07) is 10.3. The molecule has 3 nitrogen and oxygen atoms in total. The number of hydrogen-bond acceptors (Lipinski definition) is 4. The largest absolute Gasteiger partial charge is 0.451 e. The van der Waals surface area contributed by atoms with Crippen molar-refractivity contribution in [2.75, 3.05) is 13.1 Å². The second-order valence-electron chi connectivity index (χ2n) is 6.22. The van der Waals surface area contributed by atoms with Gasteiger partial charge in [-0.05, 0) is 36.4 Å². The van der Waals surface area contributed by atoms with Crippen molar-refractivity contribution in [3.05, 3.63) is 63.7 Å². The maximum absolute atomic E-state index is 14.0. The van der Waals surface area contributed by atoms with Crippen LogP contribution in [0.25, 0.3) is 6.08 Å². The van der Waals surface area contributed by atoms with E-state index in [4.69, 9.17) is 4.74 Å². The SMILES string of the molecule is O=C(OC1C(=Cc2ccccc2F)N2CCC1CC2)c1cccs1. The lowest BCUT2D eigenvalue weighted by atomic mass is 9.82. The molecule has 0 saturated carbocycles. The Balaban J connectivity index is 1.65. The van der Waals surface area contributed by atoms with Crippen LogP contribution in [0.5, 0.6) is 0 Å². The maximum Gasteiger partial charge on any atom is 0.348 e. The fourth-order valence-electron chi connectivity index (χ4n) is 3.53. The highest BCUT2D eigenvalue weighted by Crippen LogP contribution is 2.38. The molecule has 0 amide bonds. The highest BCUT2D eigenvalue weighted by Gasteiger charge is 2.40. The Hall–Kier alpha value is -2.14. The number of carbonyl (C=O) groups excluding carboxylic acids is 1. The number of halogens is 1. The molecule has 0 spiro atoms. The standard InChI is InChI=1S/C19H18FNO2S/c20-15-5-2-1-4-14(15)12-16-18(13-7-9-21(16)10-8-13)23-19(22)17-6-3-11-24-17/h1-6,11-13,18H,7-10H2. The minimum atomic E-state index is -0.290. The van der Waals surface area contributed by atoms with Gasteiger partial charge in [-0.3, -0.25) is 0 Å². The molecule has 4 heterocycles. The molecule has 3 aliphatic heterocycles. The lowest BCUT2D eigenvalue weighted by molar-refractivity contribution is -0.0157. The number of nitrogens with zero attached hydrogens (tertiary/aromatic N) is 1. The van der Waals surface area contributed by atoms with Gasteiger partial charge in [0.05, 0.1) is 5.70 Å². The van der Waals surface area contributed by atoms with E-state index in [0.717, 1.165) is 31.6 Å². The highest BCUT2D eigenvalue weighted by atomic mass is 32.1. The number of hydrogen-bond donors (Lipinski definition) is 0. The van der Waals surface area contributed by atoms with Gasteiger partial charge >= 0.3 is 5.97 Å². The summed E-state index contributed by atoms with van der Waals surface area (Å²) in [6.07, 6.45) is 3.57. The molecule has 0 N–H and O–H groups in total. The fraction of sp³-hybridized carbons (Fsp3) is 0.316. The quantitative estimate of drug-likeness (QED) is 0.783. The van der Waals surface area contributed by atoms with Crippen LogP contribution in [0.4, 0.5) is 4.39 Å². The zero-order valence-electron chi connectivity index (χ0n) is 13.2. The first-order valence-corrected chi connectivity index (χ1v) is 9.06. The molecule has 0 radical (unpaired) electrons. The summed E-state index contributed by atoms with van der Waals surface area (Å²) < 4.78 is 19.9. The molecule has 0 aliphatic carbocycles. The second kappa shape index (κ2) is 6.40. The number of rotatable bonds is 3. The van der Waals surface area contributed by atoms with Crippen molar-refractivity contribution in [1.82, 2.24) is 4.90 Å². The van der Waals surface area contributed by atoms with Crippen LogP contribution in [0, 0.1) is 11.7 Å². The van der Waals surface area contributed by atoms with E-state index in [-0.39, 0.29) is 17.9 Å². The first-order chi connectivity index (χ1) is 11.7. The van der Waals surface area contributed by atoms with Gasteiger partial charge in [-0.15, -0.1) is 11.3 Å². The maximum atomic E-state index is 14.0. The van der Waals surface area contributed by atoms with Gasteiger partial charge in [0.2, 0.25) is 0 Å². The molecule has 1 aromatic carbocycles. The van der Waals surface area contributed by atoms with Crippen molar-refractivity contribution in [2.45, 2.75) is 18.9 Å². The third-order valence-electron chi connectivity index (χ3n) is 4.79. The minimum absolute atomic E-state index is 0.254. The molecule has 1 atom stereocenters. The third kappa shape index (κ3) is 2.84. The normalized spacial score (nSPS) is 24.4. The molecule has 5 heteroatoms. The Morgan fingerprint density at radius 1 is 1.21 bits per heavy atom. The van der Waals surface area contributed by atoms with Crippen LogP contribution in [-0.2, 0) is 4.74 Å². The second-order valence-corrected chi connectivity index (χ2v) is 7.17. The van der Waals surface area contributed by atoms with E-state index < -0.39 is 0 Å². The lowest BCUT2D eigenvalue weighted by Crippen LogP contribution is -2.50. The molecule has 3 saturated heterocycles. The van der Waals surface area contributed by atoms with E-state index in [1.54, 1.807) is 18.2 Å². The Kier molecular flexibility index (Phi) is 4.10. The van der Waals surface area contributed by atoms with E-state index in [0.29, 0.717) is 16.4 Å². The number of ether oxygens (including phenoxy) is 1. The van der Waals surface area contributed by atoms with E-state index in [9.17, 15) is 9.18 Å². The third-order valence-corrected chi connectivity index (χ3v) is 5.64. The number of carbonyl (C=O) groups is 1. The van der Waals surface area contributed by atoms with Gasteiger partial charge in [0, 0.05) is 24.6 Å². The summed E-state index contributed by atoms with van der Waals surface area (Å²) in [6.45, 7) is 1.88. The highest BCUT2D eigenvalue weighted by molar-refractivity contribution is 7.11. The van der Waals surface area contributed by atoms with Crippen LogP contribution in [0.15, 0.2) is 47.5 Å². The van der Waals surface area contributed by atoms with Gasteiger partial charge < -0.3 is 9.64 Å². The summed E-state index contributed by atoms with van der Waals surface area (Å²) in [5.41, 5.74) is 1.46. The van der Waals surface area contributed by atoms with Gasteiger partial charge in [-0.1, -0.05) is 24.3 Å². The van der Waals surface area contributed by atoms with Gasteiger partial charge in [0.1, 0.15) is 16.8 Å². The van der Waals surface area contributed by atoms with Crippen molar-refractivity contribution in [1.29, 1.82) is 0 Å². The summed E-state index contributed by atoms with van der Waals surface area (Å²) in [7, 11) is 0. The smallest absolute Gasteiger partial charge is 0.348 e.